The number of piperazine rings is 1. The molecule has 0 aliphatic carbocycles. The van der Waals surface area contributed by atoms with Crippen LogP contribution in [0.4, 0.5) is 0 Å². The van der Waals surface area contributed by atoms with Crippen molar-refractivity contribution in [3.63, 3.8) is 0 Å². The van der Waals surface area contributed by atoms with Crippen LogP contribution in [0.15, 0.2) is 28.7 Å². The van der Waals surface area contributed by atoms with Gasteiger partial charge in [0.1, 0.15) is 0 Å². The topological polar surface area (TPSA) is 15.3 Å². The van der Waals surface area contributed by atoms with Gasteiger partial charge in [-0.3, -0.25) is 4.90 Å². The van der Waals surface area contributed by atoms with Gasteiger partial charge in [-0.2, -0.15) is 0 Å². The Morgan fingerprint density at radius 1 is 1.39 bits per heavy atom. The molecule has 3 heteroatoms. The summed E-state index contributed by atoms with van der Waals surface area (Å²) in [5.41, 5.74) is 1.39. The second kappa shape index (κ2) is 6.69. The summed E-state index contributed by atoms with van der Waals surface area (Å²) in [7, 11) is 0. The quantitative estimate of drug-likeness (QED) is 0.917. The fourth-order valence-corrected chi connectivity index (χ4v) is 3.01. The van der Waals surface area contributed by atoms with E-state index in [1.165, 1.54) is 22.9 Å². The second-order valence-electron chi connectivity index (χ2n) is 5.26. The molecular weight excluding hydrogens is 288 g/mol. The first-order valence-electron chi connectivity index (χ1n) is 6.91. The van der Waals surface area contributed by atoms with E-state index in [-0.39, 0.29) is 0 Å². The van der Waals surface area contributed by atoms with Gasteiger partial charge in [0.15, 0.2) is 0 Å². The average molecular weight is 311 g/mol. The zero-order valence-electron chi connectivity index (χ0n) is 11.3. The monoisotopic (exact) mass is 310 g/mol. The molecular formula is C15H23BrN2. The number of hydrogen-bond acceptors (Lipinski definition) is 2. The number of benzene rings is 1. The van der Waals surface area contributed by atoms with E-state index < -0.39 is 0 Å². The Morgan fingerprint density at radius 3 is 2.89 bits per heavy atom. The van der Waals surface area contributed by atoms with Crippen molar-refractivity contribution in [1.29, 1.82) is 0 Å². The molecule has 2 unspecified atom stereocenters. The van der Waals surface area contributed by atoms with Crippen molar-refractivity contribution < 1.29 is 0 Å². The Hall–Kier alpha value is -0.380. The molecule has 0 amide bonds. The Bertz CT molecular complexity index is 381. The summed E-state index contributed by atoms with van der Waals surface area (Å²) in [5, 5.41) is 3.65. The van der Waals surface area contributed by atoms with Gasteiger partial charge >= 0.3 is 0 Å². The van der Waals surface area contributed by atoms with Crippen molar-refractivity contribution in [2.45, 2.75) is 45.3 Å². The highest BCUT2D eigenvalue weighted by Gasteiger charge is 2.24. The van der Waals surface area contributed by atoms with Crippen LogP contribution in [0.3, 0.4) is 0 Å². The van der Waals surface area contributed by atoms with E-state index in [1.807, 2.05) is 0 Å². The molecule has 1 saturated heterocycles. The molecule has 1 fully saturated rings. The lowest BCUT2D eigenvalue weighted by Crippen LogP contribution is -2.54. The van der Waals surface area contributed by atoms with Crippen LogP contribution in [0.5, 0.6) is 0 Å². The number of nitrogens with zero attached hydrogens (tertiary/aromatic N) is 1. The van der Waals surface area contributed by atoms with Crippen LogP contribution in [0.1, 0.15) is 32.3 Å². The summed E-state index contributed by atoms with van der Waals surface area (Å²) in [6.07, 6.45) is 2.54. The first kappa shape index (κ1) is 14.0. The van der Waals surface area contributed by atoms with E-state index >= 15 is 0 Å². The summed E-state index contributed by atoms with van der Waals surface area (Å²) < 4.78 is 1.22. The number of hydrogen-bond donors (Lipinski definition) is 1. The van der Waals surface area contributed by atoms with Crippen LogP contribution in [0, 0.1) is 0 Å². The molecule has 100 valence electrons. The predicted octanol–water partition coefficient (Wildman–Crippen LogP) is 3.41. The van der Waals surface area contributed by atoms with E-state index in [9.17, 15) is 0 Å². The maximum absolute atomic E-state index is 3.65. The standard InChI is InChI=1S/C15H23BrN2/c1-3-6-14-11-18(12(2)9-17-14)10-13-7-4-5-8-15(13)16/h4-5,7-8,12,14,17H,3,6,9-11H2,1-2H3. The first-order chi connectivity index (χ1) is 8.70. The minimum Gasteiger partial charge on any atom is -0.311 e. The predicted molar refractivity (Wildman–Crippen MR) is 80.7 cm³/mol. The molecule has 1 aliphatic rings. The van der Waals surface area contributed by atoms with Gasteiger partial charge in [-0.05, 0) is 25.0 Å². The van der Waals surface area contributed by atoms with Crippen LogP contribution >= 0.6 is 15.9 Å². The molecule has 1 heterocycles. The SMILES string of the molecule is CCCC1CN(Cc2ccccc2Br)C(C)CN1. The molecule has 1 N–H and O–H groups in total. The van der Waals surface area contributed by atoms with Crippen molar-refractivity contribution in [3.05, 3.63) is 34.3 Å². The summed E-state index contributed by atoms with van der Waals surface area (Å²) >= 11 is 3.65. The summed E-state index contributed by atoms with van der Waals surface area (Å²) in [5.74, 6) is 0. The van der Waals surface area contributed by atoms with E-state index in [0.29, 0.717) is 12.1 Å². The highest BCUT2D eigenvalue weighted by Crippen LogP contribution is 2.20. The third kappa shape index (κ3) is 3.56. The molecule has 0 spiro atoms. The number of halogens is 1. The Balaban J connectivity index is 2.00. The van der Waals surface area contributed by atoms with E-state index in [0.717, 1.165) is 19.6 Å². The van der Waals surface area contributed by atoms with Gasteiger partial charge in [0.05, 0.1) is 0 Å². The van der Waals surface area contributed by atoms with Gasteiger partial charge in [-0.1, -0.05) is 47.5 Å². The molecule has 1 aromatic rings. The minimum absolute atomic E-state index is 0.616. The maximum atomic E-state index is 3.65. The van der Waals surface area contributed by atoms with Gasteiger partial charge in [-0.15, -0.1) is 0 Å². The summed E-state index contributed by atoms with van der Waals surface area (Å²) in [4.78, 5) is 2.59. The molecule has 1 aromatic carbocycles. The lowest BCUT2D eigenvalue weighted by Gasteiger charge is -2.39. The van der Waals surface area contributed by atoms with Gasteiger partial charge < -0.3 is 5.32 Å². The Kier molecular flexibility index (Phi) is 5.22. The van der Waals surface area contributed by atoms with Gasteiger partial charge in [0, 0.05) is 36.2 Å². The first-order valence-corrected chi connectivity index (χ1v) is 7.70. The molecule has 0 bridgehead atoms. The zero-order chi connectivity index (χ0) is 13.0. The van der Waals surface area contributed by atoms with E-state index in [4.69, 9.17) is 0 Å². The molecule has 2 atom stereocenters. The van der Waals surface area contributed by atoms with Crippen LogP contribution in [0.2, 0.25) is 0 Å². The van der Waals surface area contributed by atoms with Crippen LogP contribution < -0.4 is 5.32 Å². The van der Waals surface area contributed by atoms with Gasteiger partial charge in [0.25, 0.3) is 0 Å². The molecule has 2 nitrogen and oxygen atoms in total. The molecule has 2 rings (SSSR count). The average Bonchev–Trinajstić information content (AvgIpc) is 2.36. The minimum atomic E-state index is 0.616. The van der Waals surface area contributed by atoms with Crippen LogP contribution in [-0.4, -0.2) is 30.1 Å². The van der Waals surface area contributed by atoms with E-state index in [2.05, 4.69) is 64.3 Å². The van der Waals surface area contributed by atoms with E-state index in [1.54, 1.807) is 0 Å². The molecule has 1 aliphatic heterocycles. The molecule has 18 heavy (non-hydrogen) atoms. The fraction of sp³-hybridized carbons (Fsp3) is 0.600. The van der Waals surface area contributed by atoms with Crippen molar-refractivity contribution in [2.24, 2.45) is 0 Å². The number of nitrogens with one attached hydrogen (secondary N) is 1. The van der Waals surface area contributed by atoms with Crippen molar-refractivity contribution in [1.82, 2.24) is 10.2 Å². The number of rotatable bonds is 4. The smallest absolute Gasteiger partial charge is 0.0248 e. The third-order valence-corrected chi connectivity index (χ3v) is 4.52. The largest absolute Gasteiger partial charge is 0.311 e. The summed E-state index contributed by atoms with van der Waals surface area (Å²) in [6, 6.07) is 9.82. The normalized spacial score (nSPS) is 25.3. The molecule has 0 aromatic heterocycles. The third-order valence-electron chi connectivity index (χ3n) is 3.75. The maximum Gasteiger partial charge on any atom is 0.0248 e. The highest BCUT2D eigenvalue weighted by molar-refractivity contribution is 9.10. The fourth-order valence-electron chi connectivity index (χ4n) is 2.60. The van der Waals surface area contributed by atoms with Crippen LogP contribution in [0.25, 0.3) is 0 Å². The zero-order valence-corrected chi connectivity index (χ0v) is 12.9. The Morgan fingerprint density at radius 2 is 2.17 bits per heavy atom. The van der Waals surface area contributed by atoms with Crippen molar-refractivity contribution in [2.75, 3.05) is 13.1 Å². The highest BCUT2D eigenvalue weighted by atomic mass is 79.9. The second-order valence-corrected chi connectivity index (χ2v) is 6.12. The van der Waals surface area contributed by atoms with Gasteiger partial charge in [-0.25, -0.2) is 0 Å². The lowest BCUT2D eigenvalue weighted by atomic mass is 10.0. The van der Waals surface area contributed by atoms with Crippen molar-refractivity contribution >= 4 is 15.9 Å². The summed E-state index contributed by atoms with van der Waals surface area (Å²) in [6.45, 7) is 7.89. The lowest BCUT2D eigenvalue weighted by molar-refractivity contribution is 0.129. The van der Waals surface area contributed by atoms with Gasteiger partial charge in [0.2, 0.25) is 0 Å². The Labute approximate surface area is 119 Å². The molecule has 0 saturated carbocycles. The van der Waals surface area contributed by atoms with Crippen molar-refractivity contribution in [3.8, 4) is 0 Å². The molecule has 0 radical (unpaired) electrons. The van der Waals surface area contributed by atoms with Crippen LogP contribution in [-0.2, 0) is 6.54 Å².